The molecule has 3 nitrogen and oxygen atoms in total. The first kappa shape index (κ1) is 12.0. The van der Waals surface area contributed by atoms with Gasteiger partial charge in [0.1, 0.15) is 5.65 Å². The molecule has 0 unspecified atom stereocenters. The van der Waals surface area contributed by atoms with Gasteiger partial charge in [0.05, 0.1) is 8.55 Å². The summed E-state index contributed by atoms with van der Waals surface area (Å²) in [6, 6.07) is 7.95. The Balaban J connectivity index is 1.66. The van der Waals surface area contributed by atoms with E-state index >= 15 is 0 Å². The van der Waals surface area contributed by atoms with Crippen molar-refractivity contribution in [3.8, 4) is 0 Å². The average Bonchev–Trinajstić information content (AvgIpc) is 2.97. The molecule has 0 bridgehead atoms. The van der Waals surface area contributed by atoms with Crippen molar-refractivity contribution in [1.29, 1.82) is 0 Å². The summed E-state index contributed by atoms with van der Waals surface area (Å²) in [6.07, 6.45) is 3.78. The van der Waals surface area contributed by atoms with E-state index in [2.05, 4.69) is 20.8 Å². The van der Waals surface area contributed by atoms with Crippen molar-refractivity contribution in [2.24, 2.45) is 0 Å². The number of aromatic nitrogens is 2. The quantitative estimate of drug-likeness (QED) is 0.713. The molecule has 3 heterocycles. The molecule has 0 aliphatic heterocycles. The van der Waals surface area contributed by atoms with E-state index in [1.54, 1.807) is 29.5 Å². The van der Waals surface area contributed by atoms with Crippen LogP contribution in [0.25, 0.3) is 11.0 Å². The normalized spacial score (nSPS) is 11.2. The Morgan fingerprint density at radius 2 is 2.33 bits per heavy atom. The fourth-order valence-corrected chi connectivity index (χ4v) is 3.73. The topological polar surface area (TPSA) is 40.7 Å². The van der Waals surface area contributed by atoms with E-state index in [0.29, 0.717) is 0 Å². The molecule has 2 N–H and O–H groups in total. The van der Waals surface area contributed by atoms with Crippen LogP contribution in [0.3, 0.4) is 0 Å². The van der Waals surface area contributed by atoms with Gasteiger partial charge in [-0.3, -0.25) is 4.72 Å². The third-order valence-corrected chi connectivity index (χ3v) is 4.67. The second-order valence-electron chi connectivity index (χ2n) is 3.70. The summed E-state index contributed by atoms with van der Waals surface area (Å²) in [7, 11) is 0. The second-order valence-corrected chi connectivity index (χ2v) is 6.60. The molecule has 0 radical (unpaired) electrons. The molecule has 0 fully saturated rings. The van der Waals surface area contributed by atoms with E-state index < -0.39 is 0 Å². The van der Waals surface area contributed by atoms with E-state index in [0.717, 1.165) is 26.1 Å². The minimum absolute atomic E-state index is 0.784. The van der Waals surface area contributed by atoms with Crippen LogP contribution in [0.2, 0.25) is 4.34 Å². The third kappa shape index (κ3) is 2.54. The molecular formula is C12H10ClN3S2. The molecule has 0 aromatic carbocycles. The van der Waals surface area contributed by atoms with E-state index in [1.165, 1.54) is 5.56 Å². The summed E-state index contributed by atoms with van der Waals surface area (Å²) in [4.78, 5) is 7.43. The Hall–Kier alpha value is -1.01. The first-order valence-corrected chi connectivity index (χ1v) is 7.40. The molecule has 0 saturated carbocycles. The van der Waals surface area contributed by atoms with Crippen molar-refractivity contribution in [3.63, 3.8) is 0 Å². The van der Waals surface area contributed by atoms with Gasteiger partial charge in [0.25, 0.3) is 0 Å². The van der Waals surface area contributed by atoms with Crippen molar-refractivity contribution < 1.29 is 0 Å². The molecule has 0 amide bonds. The van der Waals surface area contributed by atoms with Crippen LogP contribution in [0.1, 0.15) is 5.56 Å². The molecule has 3 aromatic rings. The lowest BCUT2D eigenvalue weighted by molar-refractivity contribution is 0.987. The van der Waals surface area contributed by atoms with Crippen LogP contribution in [0, 0.1) is 0 Å². The van der Waals surface area contributed by atoms with E-state index in [1.807, 2.05) is 24.4 Å². The van der Waals surface area contributed by atoms with Crippen LogP contribution in [0.5, 0.6) is 0 Å². The maximum absolute atomic E-state index is 5.88. The zero-order valence-corrected chi connectivity index (χ0v) is 11.7. The maximum atomic E-state index is 5.88. The SMILES string of the molecule is Clc1ccc(SNCc2c[nH]c3ncccc23)s1. The zero-order chi connectivity index (χ0) is 12.4. The Morgan fingerprint density at radius 1 is 1.39 bits per heavy atom. The number of fused-ring (bicyclic) bond motifs is 1. The summed E-state index contributed by atoms with van der Waals surface area (Å²) < 4.78 is 5.31. The van der Waals surface area contributed by atoms with Gasteiger partial charge >= 0.3 is 0 Å². The first-order valence-electron chi connectivity index (χ1n) is 5.39. The van der Waals surface area contributed by atoms with Gasteiger partial charge in [0.2, 0.25) is 0 Å². The number of thiophene rings is 1. The standard InChI is InChI=1S/C12H10ClN3S2/c13-10-3-4-11(17-10)18-16-7-8-6-15-12-9(8)2-1-5-14-12/h1-6,16H,7H2,(H,14,15). The van der Waals surface area contributed by atoms with Crippen molar-refractivity contribution in [2.45, 2.75) is 10.8 Å². The summed E-state index contributed by atoms with van der Waals surface area (Å²) in [6.45, 7) is 0.784. The smallest absolute Gasteiger partial charge is 0.137 e. The van der Waals surface area contributed by atoms with E-state index in [-0.39, 0.29) is 0 Å². The van der Waals surface area contributed by atoms with Gasteiger partial charge in [-0.25, -0.2) is 4.98 Å². The zero-order valence-electron chi connectivity index (χ0n) is 9.31. The molecule has 0 aliphatic rings. The average molecular weight is 296 g/mol. The van der Waals surface area contributed by atoms with Gasteiger partial charge in [-0.15, -0.1) is 11.3 Å². The van der Waals surface area contributed by atoms with E-state index in [4.69, 9.17) is 11.6 Å². The predicted molar refractivity (Wildman–Crippen MR) is 78.1 cm³/mol. The summed E-state index contributed by atoms with van der Waals surface area (Å²) in [5.74, 6) is 0. The number of pyridine rings is 1. The number of aromatic amines is 1. The number of nitrogens with one attached hydrogen (secondary N) is 2. The van der Waals surface area contributed by atoms with Gasteiger partial charge in [-0.2, -0.15) is 0 Å². The van der Waals surface area contributed by atoms with Crippen LogP contribution in [0.15, 0.2) is 40.9 Å². The summed E-state index contributed by atoms with van der Waals surface area (Å²) >= 11 is 9.05. The van der Waals surface area contributed by atoms with Crippen LogP contribution in [0.4, 0.5) is 0 Å². The molecule has 0 spiro atoms. The monoisotopic (exact) mass is 295 g/mol. The number of H-pyrrole nitrogens is 1. The lowest BCUT2D eigenvalue weighted by Gasteiger charge is -2.00. The largest absolute Gasteiger partial charge is 0.346 e. The Morgan fingerprint density at radius 3 is 3.17 bits per heavy atom. The maximum Gasteiger partial charge on any atom is 0.137 e. The molecule has 3 aromatic heterocycles. The first-order chi connectivity index (χ1) is 8.83. The lowest BCUT2D eigenvalue weighted by atomic mass is 10.2. The lowest BCUT2D eigenvalue weighted by Crippen LogP contribution is -2.01. The van der Waals surface area contributed by atoms with Gasteiger partial charge in [0.15, 0.2) is 0 Å². The van der Waals surface area contributed by atoms with Crippen LogP contribution in [-0.2, 0) is 6.54 Å². The van der Waals surface area contributed by atoms with Crippen molar-refractivity contribution in [1.82, 2.24) is 14.7 Å². The summed E-state index contributed by atoms with van der Waals surface area (Å²) in [5.41, 5.74) is 2.15. The minimum atomic E-state index is 0.784. The van der Waals surface area contributed by atoms with Crippen molar-refractivity contribution in [3.05, 3.63) is 46.6 Å². The molecule has 6 heteroatoms. The predicted octanol–water partition coefficient (Wildman–Crippen LogP) is 4.07. The number of halogens is 1. The molecule has 18 heavy (non-hydrogen) atoms. The highest BCUT2D eigenvalue weighted by Gasteiger charge is 2.04. The van der Waals surface area contributed by atoms with Crippen LogP contribution in [-0.4, -0.2) is 9.97 Å². The molecular weight excluding hydrogens is 286 g/mol. The third-order valence-electron chi connectivity index (χ3n) is 2.52. The summed E-state index contributed by atoms with van der Waals surface area (Å²) in [5, 5.41) is 1.16. The highest BCUT2D eigenvalue weighted by Crippen LogP contribution is 2.29. The van der Waals surface area contributed by atoms with Crippen molar-refractivity contribution in [2.75, 3.05) is 0 Å². The Bertz CT molecular complexity index is 662. The number of hydrogen-bond donors (Lipinski definition) is 2. The van der Waals surface area contributed by atoms with Gasteiger partial charge < -0.3 is 4.98 Å². The fourth-order valence-electron chi connectivity index (χ4n) is 1.70. The second kappa shape index (κ2) is 5.32. The van der Waals surface area contributed by atoms with Crippen molar-refractivity contribution >= 4 is 45.9 Å². The molecule has 3 rings (SSSR count). The van der Waals surface area contributed by atoms with E-state index in [9.17, 15) is 0 Å². The van der Waals surface area contributed by atoms with Crippen LogP contribution >= 0.6 is 34.9 Å². The highest BCUT2D eigenvalue weighted by atomic mass is 35.5. The van der Waals surface area contributed by atoms with Crippen LogP contribution < -0.4 is 4.72 Å². The molecule has 0 atom stereocenters. The Kier molecular flexibility index (Phi) is 3.56. The highest BCUT2D eigenvalue weighted by molar-refractivity contribution is 7.99. The molecule has 0 saturated heterocycles. The Labute approximate surface area is 118 Å². The molecule has 92 valence electrons. The molecule has 0 aliphatic carbocycles. The van der Waals surface area contributed by atoms with Gasteiger partial charge in [-0.1, -0.05) is 11.6 Å². The van der Waals surface area contributed by atoms with Gasteiger partial charge in [0, 0.05) is 24.3 Å². The fraction of sp³-hybridized carbons (Fsp3) is 0.0833. The minimum Gasteiger partial charge on any atom is -0.346 e. The number of nitrogens with zero attached hydrogens (tertiary/aromatic N) is 1. The number of hydrogen-bond acceptors (Lipinski definition) is 4. The van der Waals surface area contributed by atoms with Gasteiger partial charge in [-0.05, 0) is 41.8 Å². The number of rotatable bonds is 4.